The van der Waals surface area contributed by atoms with Crippen LogP contribution in [0.5, 0.6) is 46.0 Å². The molecular weight excluding hydrogens is 1700 g/mol. The number of nitrogens with one attached hydrogen (secondary N) is 8. The molecule has 5 aliphatic heterocycles. The normalized spacial score (nSPS) is 24.2. The van der Waals surface area contributed by atoms with Gasteiger partial charge in [-0.1, -0.05) is 115 Å². The Morgan fingerprint density at radius 1 is 0.742 bits per heavy atom. The highest BCUT2D eigenvalue weighted by atomic mass is 35.5. The predicted molar refractivity (Wildman–Crippen MR) is 447 cm³/mol. The van der Waals surface area contributed by atoms with Crippen LogP contribution in [0.3, 0.4) is 0 Å². The molecule has 8 bridgehead atoms. The lowest BCUT2D eigenvalue weighted by Gasteiger charge is -2.48. The molecule has 124 heavy (non-hydrogen) atoms. The molecule has 42 heteroatoms. The summed E-state index contributed by atoms with van der Waals surface area (Å²) in [6.07, 6.45) is -17.9. The topological polar surface area (TPSA) is 605 Å². The number of primary amides is 2. The Balaban J connectivity index is 1.00. The van der Waals surface area contributed by atoms with Crippen molar-refractivity contribution in [2.75, 3.05) is 24.1 Å². The number of benzene rings is 7. The standard InChI is InChI=1S/C82H92Cl3N15O23S/c1-33(2)21-50(90-6)74(112)95-63(76(114)92-49(72(87)110)29-58(86)104)65(105)40-14-19-53(47(84)23-40)119-55-25-42-26-56(120-54-20-15-41(24-48(54)85)66(106)64-77(115)94-62(78(116)117)46-27-44(101)28-52(103)60(46)45-22-39(13-18-51(45)102)61(75(113)96-64)93-73(111)34(42)3)69(55)123-79-70(68(108)67(107)57(121-79)32-124-81-99-98-80(97-88)100(81)89)122-59-30-82(5,71(109)35(4)118-59)91-31-36-7-9-37(10-8-36)38-11-16-43(83)17-12-38/h7-20,22-28,33-35,49-50,57,59,61-68,70-71,79,90-91,101-103,105-109H,21,29-32,88-89H2,1-6H3,(H2,86,104)(H2,87,110)(H,92,114)(H,93,111)(H,94,115)(H,95,112)(H,96,113)(H,97,98)(H,116,117)/t34-,35?,49+,50+,57?,59?,61-,62-,63-,64?,65-,66-,67?,68?,70?,71?,79?,82?/m1/s1. The summed E-state index contributed by atoms with van der Waals surface area (Å²) in [5.74, 6) is -4.07. The van der Waals surface area contributed by atoms with Crippen LogP contribution in [-0.2, 0) is 59.1 Å². The number of aromatic nitrogens is 3. The Labute approximate surface area is 726 Å². The third kappa shape index (κ3) is 20.5. The minimum absolute atomic E-state index is 0.0236. The predicted octanol–water partition coefficient (Wildman–Crippen LogP) is 4.07. The van der Waals surface area contributed by atoms with Crippen molar-refractivity contribution in [2.45, 2.75) is 175 Å². The summed E-state index contributed by atoms with van der Waals surface area (Å²) in [6.45, 7) is 8.55. The van der Waals surface area contributed by atoms with Gasteiger partial charge in [-0.05, 0) is 146 Å². The largest absolute Gasteiger partial charge is 0.508 e. The van der Waals surface area contributed by atoms with Crippen molar-refractivity contribution in [1.29, 1.82) is 0 Å². The number of hydrogen-bond donors (Lipinski definition) is 21. The monoisotopic (exact) mass is 1790 g/mol. The van der Waals surface area contributed by atoms with E-state index in [9.17, 15) is 74.7 Å². The maximum absolute atomic E-state index is 15.6. The smallest absolute Gasteiger partial charge is 0.330 e. The molecule has 1 aromatic heterocycles. The van der Waals surface area contributed by atoms with Gasteiger partial charge in [-0.2, -0.15) is 0 Å². The number of thioether (sulfide) groups is 1. The fourth-order valence-electron chi connectivity index (χ4n) is 14.8. The maximum Gasteiger partial charge on any atom is 0.330 e. The summed E-state index contributed by atoms with van der Waals surface area (Å²) in [5.41, 5.74) is 12.6. The first kappa shape index (κ1) is 91.8. The number of fused-ring (bicyclic) bond motifs is 8. The van der Waals surface area contributed by atoms with Crippen LogP contribution >= 0.6 is 46.6 Å². The number of carbonyl (C=O) groups is 8. The highest BCUT2D eigenvalue weighted by Gasteiger charge is 2.52. The number of hydrogen-bond acceptors (Lipinski definition) is 30. The van der Waals surface area contributed by atoms with Crippen molar-refractivity contribution >= 4 is 99.8 Å². The summed E-state index contributed by atoms with van der Waals surface area (Å²) in [7, 11) is 1.49. The number of aromatic hydroxyl groups is 3. The van der Waals surface area contributed by atoms with Crippen LogP contribution in [0.25, 0.3) is 22.3 Å². The van der Waals surface area contributed by atoms with Gasteiger partial charge in [0.25, 0.3) is 5.95 Å². The Morgan fingerprint density at radius 3 is 2.09 bits per heavy atom. The van der Waals surface area contributed by atoms with E-state index < -0.39 is 208 Å². The number of aliphatic carboxylic acids is 1. The van der Waals surface area contributed by atoms with Crippen LogP contribution < -0.4 is 80.0 Å². The van der Waals surface area contributed by atoms with Gasteiger partial charge in [-0.15, -0.1) is 10.2 Å². The van der Waals surface area contributed by atoms with Crippen molar-refractivity contribution in [3.63, 3.8) is 0 Å². The van der Waals surface area contributed by atoms with Crippen LogP contribution in [0, 0.1) is 5.92 Å². The third-order valence-corrected chi connectivity index (χ3v) is 23.5. The van der Waals surface area contributed by atoms with Gasteiger partial charge in [-0.3, -0.25) is 39.0 Å². The van der Waals surface area contributed by atoms with E-state index >= 15 is 9.59 Å². The van der Waals surface area contributed by atoms with E-state index in [0.717, 1.165) is 69.5 Å². The highest BCUT2D eigenvalue weighted by molar-refractivity contribution is 7.99. The molecule has 13 rings (SSSR count). The molecule has 6 heterocycles. The number of aliphatic hydroxyl groups excluding tert-OH is 5. The van der Waals surface area contributed by atoms with Gasteiger partial charge in [0, 0.05) is 52.0 Å². The molecule has 0 aliphatic carbocycles. The van der Waals surface area contributed by atoms with Gasteiger partial charge in [0.2, 0.25) is 58.5 Å². The second-order valence-electron chi connectivity index (χ2n) is 30.8. The minimum Gasteiger partial charge on any atom is -0.508 e. The number of aliphatic hydroxyl groups is 5. The van der Waals surface area contributed by atoms with E-state index in [2.05, 4.69) is 52.8 Å². The number of anilines is 1. The summed E-state index contributed by atoms with van der Waals surface area (Å²) in [6, 6.07) is 18.6. The molecule has 5 aliphatic rings. The number of carbonyl (C=O) groups excluding carboxylic acids is 7. The SMILES string of the molecule is CN[C@@H](CC(C)C)C(=O)N[C@@H](C(=O)N[C@@H](CC(N)=O)C(N)=O)[C@H](O)c1ccc(Oc2cc3cc(c2OC2OC(CSc4nnc(NN)n4N)C(O)C(O)C2OC2CC(C)(NCc4ccc(-c5ccc(Cl)cc5)cc4)C(O)C(C)O2)Oc2ccc(cc2Cl)[C@@H](O)C2NC(=O)[C@H](NC(=O)[C@@H]3C)c3ccc(O)c(c3)-c3c(O)cc(O)cc3[C@H](C(=O)O)NC2=O)c(Cl)c1. The number of nitrogens with two attached hydrogens (primary N) is 4. The van der Waals surface area contributed by atoms with Crippen molar-refractivity contribution in [3.05, 3.63) is 176 Å². The number of hydrazine groups is 1. The van der Waals surface area contributed by atoms with Crippen LogP contribution in [0.2, 0.25) is 15.1 Å². The summed E-state index contributed by atoms with van der Waals surface area (Å²) in [5, 5.41) is 133. The molecule has 2 saturated heterocycles. The first-order valence-electron chi connectivity index (χ1n) is 38.8. The number of ether oxygens (including phenoxy) is 6. The number of halogens is 3. The average molecular weight is 1790 g/mol. The Kier molecular flexibility index (Phi) is 28.7. The average Bonchev–Trinajstić information content (AvgIpc) is 0.779. The second kappa shape index (κ2) is 38.8. The number of phenolic OH excluding ortho intramolecular Hbond substituents is 3. The molecule has 0 radical (unpaired) electrons. The van der Waals surface area contributed by atoms with E-state index in [-0.39, 0.29) is 91.5 Å². The molecule has 25 N–H and O–H groups in total. The number of likely N-dealkylation sites (N-methyl/N-ethyl adjacent to an activating group) is 1. The fraction of sp³-hybridized carbons (Fsp3) is 0.366. The third-order valence-electron chi connectivity index (χ3n) is 21.6. The van der Waals surface area contributed by atoms with Gasteiger partial charge in [0.15, 0.2) is 29.9 Å². The van der Waals surface area contributed by atoms with Gasteiger partial charge in [0.1, 0.15) is 77.3 Å². The highest BCUT2D eigenvalue weighted by Crippen LogP contribution is 2.50. The fourth-order valence-corrected chi connectivity index (χ4v) is 16.3. The van der Waals surface area contributed by atoms with E-state index in [0.29, 0.717) is 5.02 Å². The molecule has 18 atom stereocenters. The lowest BCUT2D eigenvalue weighted by Crippen LogP contribution is -2.65. The Hall–Kier alpha value is -11.4. The molecule has 7 amide bonds. The van der Waals surface area contributed by atoms with Crippen LogP contribution in [0.4, 0.5) is 5.95 Å². The Morgan fingerprint density at radius 2 is 1.44 bits per heavy atom. The number of carboxylic acids is 1. The summed E-state index contributed by atoms with van der Waals surface area (Å²) < 4.78 is 41.5. The van der Waals surface area contributed by atoms with E-state index in [1.165, 1.54) is 56.4 Å². The molecule has 10 unspecified atom stereocenters. The quantitative estimate of drug-likeness (QED) is 0.0196. The first-order chi connectivity index (χ1) is 58.8. The molecule has 0 spiro atoms. The van der Waals surface area contributed by atoms with E-state index in [1.54, 1.807) is 26.0 Å². The van der Waals surface area contributed by atoms with E-state index in [1.807, 2.05) is 50.2 Å². The van der Waals surface area contributed by atoms with E-state index in [4.69, 9.17) is 86.4 Å². The number of nitrogen functional groups attached to an aromatic ring is 2. The molecule has 0 saturated carbocycles. The van der Waals surface area contributed by atoms with Gasteiger partial charge >= 0.3 is 5.97 Å². The number of carboxylic acid groups (broad SMARTS) is 1. The molecule has 8 aromatic rings. The lowest BCUT2D eigenvalue weighted by atomic mass is 9.84. The van der Waals surface area contributed by atoms with Crippen molar-refractivity contribution < 1.29 is 113 Å². The second-order valence-corrected chi connectivity index (χ2v) is 33.1. The number of rotatable bonds is 27. The summed E-state index contributed by atoms with van der Waals surface area (Å²) >= 11 is 21.5. The van der Waals surface area contributed by atoms with Gasteiger partial charge in [-0.25, -0.2) is 15.3 Å². The first-order valence-corrected chi connectivity index (χ1v) is 40.9. The van der Waals surface area contributed by atoms with Crippen molar-refractivity contribution in [1.82, 2.24) is 52.1 Å². The van der Waals surface area contributed by atoms with Crippen LogP contribution in [0.1, 0.15) is 117 Å². The van der Waals surface area contributed by atoms with Crippen molar-refractivity contribution in [3.8, 4) is 68.2 Å². The van der Waals surface area contributed by atoms with Crippen LogP contribution in [0.15, 0.2) is 133 Å². The minimum atomic E-state index is -2.20. The number of amides is 7. The van der Waals surface area contributed by atoms with Gasteiger partial charge in [0.05, 0.1) is 46.7 Å². The van der Waals surface area contributed by atoms with Gasteiger partial charge < -0.3 is 129 Å². The zero-order chi connectivity index (χ0) is 89.8. The number of nitrogens with zero attached hydrogens (tertiary/aromatic N) is 3. The summed E-state index contributed by atoms with van der Waals surface area (Å²) in [4.78, 5) is 112. The lowest BCUT2D eigenvalue weighted by molar-refractivity contribution is -0.330. The van der Waals surface area contributed by atoms with Crippen molar-refractivity contribution in [2.24, 2.45) is 23.2 Å². The zero-order valence-electron chi connectivity index (χ0n) is 67.0. The maximum atomic E-state index is 15.6. The Bertz CT molecular complexity index is 5360. The molecule has 38 nitrogen and oxygen atoms in total. The molecular formula is C82H92Cl3N15O23S. The molecule has 7 aromatic carbocycles. The molecule has 660 valence electrons. The zero-order valence-corrected chi connectivity index (χ0v) is 70.1. The van der Waals surface area contributed by atoms with Crippen LogP contribution in [-0.4, -0.2) is 200 Å². The number of phenols is 3. The molecule has 2 fully saturated rings.